The summed E-state index contributed by atoms with van der Waals surface area (Å²) in [6, 6.07) is 1.53. The van der Waals surface area contributed by atoms with E-state index in [1.165, 1.54) is 6.07 Å². The van der Waals surface area contributed by atoms with Gasteiger partial charge in [0.15, 0.2) is 0 Å². The lowest BCUT2D eigenvalue weighted by Gasteiger charge is -1.98. The molecule has 0 amide bonds. The molecule has 9 heavy (non-hydrogen) atoms. The maximum absolute atomic E-state index is 10.1. The van der Waals surface area contributed by atoms with Gasteiger partial charge in [0.2, 0.25) is 0 Å². The van der Waals surface area contributed by atoms with Crippen LogP contribution in [-0.4, -0.2) is 15.9 Å². The van der Waals surface area contributed by atoms with Crippen molar-refractivity contribution in [2.45, 2.75) is 0 Å². The fraction of sp³-hybridized carbons (Fsp3) is 0.250. The minimum atomic E-state index is -4.06. The van der Waals surface area contributed by atoms with E-state index in [0.717, 1.165) is 0 Å². The third-order valence-corrected chi connectivity index (χ3v) is 1.35. The van der Waals surface area contributed by atoms with Gasteiger partial charge in [0.25, 0.3) is 0 Å². The molecule has 2 N–H and O–H groups in total. The first-order valence-electron chi connectivity index (χ1n) is 2.08. The van der Waals surface area contributed by atoms with Crippen LogP contribution < -0.4 is 0 Å². The summed E-state index contributed by atoms with van der Waals surface area (Å²) in [5, 5.41) is 8.01. The molecule has 0 spiro atoms. The highest BCUT2D eigenvalue weighted by molar-refractivity contribution is 7.52. The Bertz CT molecular complexity index is 198. The zero-order chi connectivity index (χ0) is 7.49. The lowest BCUT2D eigenvalue weighted by molar-refractivity contribution is 0.376. The Morgan fingerprint density at radius 1 is 1.78 bits per heavy atom. The average Bonchev–Trinajstić information content (AvgIpc) is 1.62. The molecule has 0 saturated heterocycles. The number of rotatable bonds is 2. The Hall–Kier alpha value is -0.620. The topological polar surface area (TPSA) is 81.3 Å². The smallest absolute Gasteiger partial charge is 0.324 e. The molecule has 0 fully saturated rings. The molecule has 0 aliphatic rings. The molecule has 0 heterocycles. The minimum Gasteiger partial charge on any atom is -0.324 e. The highest BCUT2D eigenvalue weighted by Gasteiger charge is 2.13. The Morgan fingerprint density at radius 2 is 2.22 bits per heavy atom. The fourth-order valence-electron chi connectivity index (χ4n) is 0.284. The Labute approximate surface area is 52.6 Å². The molecular weight excluding hydrogens is 141 g/mol. The quantitative estimate of drug-likeness (QED) is 0.433. The SMILES string of the molecule is C=C(C#N)CP(=O)(O)O. The molecule has 50 valence electrons. The van der Waals surface area contributed by atoms with E-state index >= 15 is 0 Å². The summed E-state index contributed by atoms with van der Waals surface area (Å²) >= 11 is 0. The van der Waals surface area contributed by atoms with Gasteiger partial charge >= 0.3 is 7.60 Å². The summed E-state index contributed by atoms with van der Waals surface area (Å²) in [7, 11) is -4.06. The predicted octanol–water partition coefficient (Wildman–Crippen LogP) is 0.244. The second-order valence-electron chi connectivity index (χ2n) is 1.54. The first-order chi connectivity index (χ1) is 3.95. The molecule has 4 nitrogen and oxygen atoms in total. The lowest BCUT2D eigenvalue weighted by atomic mass is 10.4. The van der Waals surface area contributed by atoms with Gasteiger partial charge in [-0.05, 0) is 0 Å². The van der Waals surface area contributed by atoms with E-state index in [4.69, 9.17) is 15.0 Å². The predicted molar refractivity (Wildman–Crippen MR) is 31.7 cm³/mol. The van der Waals surface area contributed by atoms with Gasteiger partial charge in [-0.25, -0.2) is 0 Å². The van der Waals surface area contributed by atoms with E-state index in [2.05, 4.69) is 6.58 Å². The van der Waals surface area contributed by atoms with Gasteiger partial charge in [0.05, 0.1) is 12.2 Å². The van der Waals surface area contributed by atoms with E-state index in [0.29, 0.717) is 0 Å². The van der Waals surface area contributed by atoms with E-state index in [9.17, 15) is 4.57 Å². The number of nitrogens with zero attached hydrogens (tertiary/aromatic N) is 1. The van der Waals surface area contributed by atoms with Crippen molar-refractivity contribution in [3.05, 3.63) is 12.2 Å². The molecule has 0 aliphatic heterocycles. The van der Waals surface area contributed by atoms with Crippen LogP contribution in [0, 0.1) is 11.3 Å². The van der Waals surface area contributed by atoms with Crippen molar-refractivity contribution >= 4 is 7.60 Å². The van der Waals surface area contributed by atoms with Crippen molar-refractivity contribution in [1.82, 2.24) is 0 Å². The van der Waals surface area contributed by atoms with Gasteiger partial charge in [-0.2, -0.15) is 5.26 Å². The Kier molecular flexibility index (Phi) is 2.60. The van der Waals surface area contributed by atoms with E-state index in [1.807, 2.05) is 0 Å². The van der Waals surface area contributed by atoms with Gasteiger partial charge in [0, 0.05) is 5.57 Å². The molecule has 0 bridgehead atoms. The first kappa shape index (κ1) is 8.38. The largest absolute Gasteiger partial charge is 0.330 e. The molecular formula is C4H6NO3P. The van der Waals surface area contributed by atoms with Crippen molar-refractivity contribution in [2.75, 3.05) is 6.16 Å². The van der Waals surface area contributed by atoms with Crippen LogP contribution >= 0.6 is 7.60 Å². The molecule has 0 unspecified atom stereocenters. The summed E-state index contributed by atoms with van der Waals surface area (Å²) in [4.78, 5) is 16.4. The molecule has 0 radical (unpaired) electrons. The fourth-order valence-corrected chi connectivity index (χ4v) is 0.852. The molecule has 0 atom stereocenters. The van der Waals surface area contributed by atoms with Crippen LogP contribution in [0.1, 0.15) is 0 Å². The molecule has 0 aliphatic carbocycles. The van der Waals surface area contributed by atoms with E-state index in [-0.39, 0.29) is 5.57 Å². The van der Waals surface area contributed by atoms with Gasteiger partial charge in [-0.1, -0.05) is 6.58 Å². The van der Waals surface area contributed by atoms with Crippen LogP contribution in [0.4, 0.5) is 0 Å². The average molecular weight is 147 g/mol. The summed E-state index contributed by atoms with van der Waals surface area (Å²) < 4.78 is 10.1. The van der Waals surface area contributed by atoms with Gasteiger partial charge in [0.1, 0.15) is 0 Å². The third kappa shape index (κ3) is 5.25. The molecule has 5 heteroatoms. The van der Waals surface area contributed by atoms with Crippen LogP contribution in [0.25, 0.3) is 0 Å². The van der Waals surface area contributed by atoms with Gasteiger partial charge in [-0.15, -0.1) is 0 Å². The first-order valence-corrected chi connectivity index (χ1v) is 3.88. The van der Waals surface area contributed by atoms with Crippen molar-refractivity contribution in [3.8, 4) is 6.07 Å². The Balaban J connectivity index is 3.94. The third-order valence-electron chi connectivity index (χ3n) is 0.555. The zero-order valence-corrected chi connectivity index (χ0v) is 5.51. The molecule has 0 rings (SSSR count). The summed E-state index contributed by atoms with van der Waals surface area (Å²) in [6.07, 6.45) is -0.538. The normalized spacial score (nSPS) is 10.3. The minimum absolute atomic E-state index is 0.0941. The van der Waals surface area contributed by atoms with Crippen LogP contribution in [0.2, 0.25) is 0 Å². The standard InChI is InChI=1S/C4H6NO3P/c1-4(2-5)3-9(6,7)8/h1,3H2,(H2,6,7,8). The number of nitriles is 1. The van der Waals surface area contributed by atoms with Crippen LogP contribution in [0.5, 0.6) is 0 Å². The summed E-state index contributed by atoms with van der Waals surface area (Å²) in [5.74, 6) is 0. The maximum Gasteiger partial charge on any atom is 0.330 e. The van der Waals surface area contributed by atoms with Crippen LogP contribution in [0.3, 0.4) is 0 Å². The van der Waals surface area contributed by atoms with E-state index < -0.39 is 13.8 Å². The monoisotopic (exact) mass is 147 g/mol. The second-order valence-corrected chi connectivity index (χ2v) is 3.18. The number of hydrogen-bond acceptors (Lipinski definition) is 2. The molecule has 0 saturated carbocycles. The second kappa shape index (κ2) is 2.79. The van der Waals surface area contributed by atoms with Crippen molar-refractivity contribution in [3.63, 3.8) is 0 Å². The highest BCUT2D eigenvalue weighted by Crippen LogP contribution is 2.35. The van der Waals surface area contributed by atoms with Crippen molar-refractivity contribution < 1.29 is 14.4 Å². The number of hydrogen-bond donors (Lipinski definition) is 2. The summed E-state index contributed by atoms with van der Waals surface area (Å²) in [6.45, 7) is 3.11. The van der Waals surface area contributed by atoms with Crippen LogP contribution in [0.15, 0.2) is 12.2 Å². The Morgan fingerprint density at radius 3 is 2.33 bits per heavy atom. The van der Waals surface area contributed by atoms with Gasteiger partial charge < -0.3 is 9.79 Å². The van der Waals surface area contributed by atoms with Gasteiger partial charge in [-0.3, -0.25) is 4.57 Å². The number of allylic oxidation sites excluding steroid dienone is 1. The maximum atomic E-state index is 10.1. The molecule has 0 aromatic carbocycles. The van der Waals surface area contributed by atoms with Crippen molar-refractivity contribution in [2.24, 2.45) is 0 Å². The summed E-state index contributed by atoms with van der Waals surface area (Å²) in [5.41, 5.74) is -0.0941. The van der Waals surface area contributed by atoms with E-state index in [1.54, 1.807) is 0 Å². The molecule has 0 aromatic heterocycles. The highest BCUT2D eigenvalue weighted by atomic mass is 31.2. The van der Waals surface area contributed by atoms with Crippen molar-refractivity contribution in [1.29, 1.82) is 5.26 Å². The zero-order valence-electron chi connectivity index (χ0n) is 4.61. The lowest BCUT2D eigenvalue weighted by Crippen LogP contribution is -1.87. The van der Waals surface area contributed by atoms with Crippen LogP contribution in [-0.2, 0) is 4.57 Å². The molecule has 0 aromatic rings.